The Morgan fingerprint density at radius 3 is 2.68 bits per heavy atom. The number of pyridine rings is 1. The molecule has 2 heterocycles. The quantitative estimate of drug-likeness (QED) is 0.464. The molecular formula is C15H9FIN4P. The van der Waals surface area contributed by atoms with E-state index in [0.717, 1.165) is 16.8 Å². The molecule has 0 radical (unpaired) electrons. The molecule has 1 atom stereocenters. The predicted molar refractivity (Wildman–Crippen MR) is 93.3 cm³/mol. The van der Waals surface area contributed by atoms with Crippen LogP contribution in [0, 0.1) is 17.1 Å². The van der Waals surface area contributed by atoms with E-state index in [1.54, 1.807) is 24.5 Å². The van der Waals surface area contributed by atoms with Gasteiger partial charge in [0.2, 0.25) is 0 Å². The van der Waals surface area contributed by atoms with Crippen LogP contribution in [0.5, 0.6) is 0 Å². The molecule has 0 aliphatic heterocycles. The Balaban J connectivity index is 2.15. The van der Waals surface area contributed by atoms with Crippen LogP contribution in [-0.2, 0) is 0 Å². The first-order chi connectivity index (χ1) is 10.7. The summed E-state index contributed by atoms with van der Waals surface area (Å²) in [6.45, 7) is 0. The summed E-state index contributed by atoms with van der Waals surface area (Å²) in [4.78, 5) is 4.30. The van der Waals surface area contributed by atoms with Crippen molar-refractivity contribution in [1.82, 2.24) is 14.5 Å². The smallest absolute Gasteiger partial charge is 0.123 e. The lowest BCUT2D eigenvalue weighted by atomic mass is 10.0. The van der Waals surface area contributed by atoms with Crippen LogP contribution in [0.4, 0.5) is 4.39 Å². The Bertz CT molecular complexity index is 855. The van der Waals surface area contributed by atoms with E-state index in [1.165, 1.54) is 12.1 Å². The Kier molecular flexibility index (Phi) is 4.46. The highest BCUT2D eigenvalue weighted by molar-refractivity contribution is 14.2. The van der Waals surface area contributed by atoms with Gasteiger partial charge in [0.05, 0.1) is 23.3 Å². The molecule has 0 N–H and O–H groups in total. The second kappa shape index (κ2) is 6.51. The number of halogens is 2. The number of benzene rings is 1. The second-order valence-corrected chi connectivity index (χ2v) is 6.49. The predicted octanol–water partition coefficient (Wildman–Crippen LogP) is 4.41. The van der Waals surface area contributed by atoms with Gasteiger partial charge in [-0.25, -0.2) is 8.84 Å². The standard InChI is InChI=1S/C15H9FIN4P/c16-12-3-1-10(2-4-12)14-7-13(11(8-18)9-19-14)15-5-6-20-21(15)22-17/h1-7,9,22H. The van der Waals surface area contributed by atoms with Gasteiger partial charge in [-0.2, -0.15) is 10.4 Å². The zero-order valence-electron chi connectivity index (χ0n) is 11.2. The van der Waals surface area contributed by atoms with Crippen LogP contribution in [0.2, 0.25) is 0 Å². The van der Waals surface area contributed by atoms with Gasteiger partial charge in [-0.3, -0.25) is 4.98 Å². The van der Waals surface area contributed by atoms with Gasteiger partial charge >= 0.3 is 0 Å². The highest BCUT2D eigenvalue weighted by Gasteiger charge is 2.12. The third-order valence-corrected chi connectivity index (χ3v) is 5.05. The topological polar surface area (TPSA) is 54.5 Å². The van der Waals surface area contributed by atoms with Gasteiger partial charge in [-0.1, -0.05) is 0 Å². The fraction of sp³-hybridized carbons (Fsp3) is 0. The lowest BCUT2D eigenvalue weighted by Crippen LogP contribution is -1.94. The van der Waals surface area contributed by atoms with Crippen molar-refractivity contribution in [2.75, 3.05) is 0 Å². The first kappa shape index (κ1) is 15.1. The minimum atomic E-state index is -0.290. The van der Waals surface area contributed by atoms with E-state index in [4.69, 9.17) is 0 Å². The monoisotopic (exact) mass is 422 g/mol. The van der Waals surface area contributed by atoms with Gasteiger partial charge in [-0.15, -0.1) is 0 Å². The molecule has 0 saturated carbocycles. The average molecular weight is 422 g/mol. The van der Waals surface area contributed by atoms with Crippen LogP contribution in [0.1, 0.15) is 5.56 Å². The molecule has 3 aromatic rings. The molecule has 1 aromatic carbocycles. The van der Waals surface area contributed by atoms with E-state index >= 15 is 0 Å². The van der Waals surface area contributed by atoms with Gasteiger partial charge in [0.15, 0.2) is 0 Å². The van der Waals surface area contributed by atoms with E-state index in [1.807, 2.05) is 16.6 Å². The highest BCUT2D eigenvalue weighted by Crippen LogP contribution is 2.33. The van der Waals surface area contributed by atoms with Crippen LogP contribution in [-0.4, -0.2) is 14.5 Å². The van der Waals surface area contributed by atoms with Crippen molar-refractivity contribution in [3.05, 3.63) is 60.2 Å². The second-order valence-electron chi connectivity index (χ2n) is 4.45. The van der Waals surface area contributed by atoms with Crippen molar-refractivity contribution in [3.63, 3.8) is 0 Å². The van der Waals surface area contributed by atoms with E-state index in [0.29, 0.717) is 17.6 Å². The Labute approximate surface area is 141 Å². The zero-order chi connectivity index (χ0) is 15.5. The summed E-state index contributed by atoms with van der Waals surface area (Å²) in [5.41, 5.74) is 3.63. The van der Waals surface area contributed by atoms with E-state index in [9.17, 15) is 9.65 Å². The number of rotatable bonds is 3. The fourth-order valence-corrected chi connectivity index (χ4v) is 3.66. The third-order valence-electron chi connectivity index (χ3n) is 3.16. The van der Waals surface area contributed by atoms with E-state index < -0.39 is 0 Å². The summed E-state index contributed by atoms with van der Waals surface area (Å²) in [5.74, 6) is -0.290. The number of hydrogen-bond donors (Lipinski definition) is 0. The Morgan fingerprint density at radius 1 is 1.23 bits per heavy atom. The SMILES string of the molecule is N#Cc1cnc(-c2ccc(F)cc2)cc1-c1ccnn1PI. The molecule has 0 saturated heterocycles. The number of nitriles is 1. The van der Waals surface area contributed by atoms with Crippen molar-refractivity contribution < 1.29 is 4.39 Å². The number of aromatic nitrogens is 3. The molecule has 0 amide bonds. The molecule has 7 heteroatoms. The summed E-state index contributed by atoms with van der Waals surface area (Å²) >= 11 is 2.24. The van der Waals surface area contributed by atoms with Crippen molar-refractivity contribution in [2.24, 2.45) is 0 Å². The van der Waals surface area contributed by atoms with Gasteiger partial charge < -0.3 is 0 Å². The normalized spacial score (nSPS) is 11.0. The average Bonchev–Trinajstić information content (AvgIpc) is 3.03. The zero-order valence-corrected chi connectivity index (χ0v) is 14.3. The van der Waals surface area contributed by atoms with Crippen LogP contribution in [0.15, 0.2) is 48.8 Å². The van der Waals surface area contributed by atoms with Crippen LogP contribution in [0.25, 0.3) is 22.5 Å². The molecular weight excluding hydrogens is 413 g/mol. The maximum absolute atomic E-state index is 13.0. The molecule has 0 spiro atoms. The highest BCUT2D eigenvalue weighted by atomic mass is 127. The van der Waals surface area contributed by atoms with Crippen molar-refractivity contribution in [3.8, 4) is 28.6 Å². The van der Waals surface area contributed by atoms with Crippen molar-refractivity contribution in [1.29, 1.82) is 5.26 Å². The molecule has 0 fully saturated rings. The first-order valence-corrected chi connectivity index (χ1v) is 10.4. The molecule has 108 valence electrons. The van der Waals surface area contributed by atoms with Gasteiger partial charge in [0.1, 0.15) is 11.9 Å². The summed E-state index contributed by atoms with van der Waals surface area (Å²) < 4.78 is 14.9. The molecule has 2 aromatic heterocycles. The number of nitrogens with zero attached hydrogens (tertiary/aromatic N) is 4. The van der Waals surface area contributed by atoms with Crippen LogP contribution < -0.4 is 0 Å². The molecule has 4 nitrogen and oxygen atoms in total. The van der Waals surface area contributed by atoms with Crippen LogP contribution in [0.3, 0.4) is 0 Å². The Morgan fingerprint density at radius 2 is 2.00 bits per heavy atom. The van der Waals surface area contributed by atoms with Crippen LogP contribution >= 0.6 is 28.4 Å². The minimum absolute atomic E-state index is 0.290. The summed E-state index contributed by atoms with van der Waals surface area (Å²) in [5, 5.41) is 13.6. The molecule has 1 unspecified atom stereocenters. The molecule has 22 heavy (non-hydrogen) atoms. The van der Waals surface area contributed by atoms with Gasteiger partial charge in [0, 0.05) is 23.5 Å². The third kappa shape index (κ3) is 2.87. The fourth-order valence-electron chi connectivity index (χ4n) is 2.11. The van der Waals surface area contributed by atoms with Crippen molar-refractivity contribution >= 4 is 28.4 Å². The summed E-state index contributed by atoms with van der Waals surface area (Å²) in [6.07, 6.45) is 3.69. The summed E-state index contributed by atoms with van der Waals surface area (Å²) in [6, 6.07) is 12.0. The number of hydrogen-bond acceptors (Lipinski definition) is 3. The van der Waals surface area contributed by atoms with E-state index in [2.05, 4.69) is 38.2 Å². The molecule has 0 aliphatic rings. The first-order valence-electron chi connectivity index (χ1n) is 6.30. The minimum Gasteiger partial charge on any atom is -0.255 e. The molecule has 0 bridgehead atoms. The maximum Gasteiger partial charge on any atom is 0.123 e. The summed E-state index contributed by atoms with van der Waals surface area (Å²) in [7, 11) is 0. The van der Waals surface area contributed by atoms with Gasteiger partial charge in [-0.05, 0) is 58.4 Å². The lowest BCUT2D eigenvalue weighted by molar-refractivity contribution is 0.628. The molecule has 3 rings (SSSR count). The van der Waals surface area contributed by atoms with Gasteiger partial charge in [0.25, 0.3) is 0 Å². The van der Waals surface area contributed by atoms with Crippen molar-refractivity contribution in [2.45, 2.75) is 0 Å². The molecule has 0 aliphatic carbocycles. The van der Waals surface area contributed by atoms with E-state index in [-0.39, 0.29) is 5.82 Å². The largest absolute Gasteiger partial charge is 0.255 e. The maximum atomic E-state index is 13.0. The lowest BCUT2D eigenvalue weighted by Gasteiger charge is -2.08. The Hall–Kier alpha value is -1.84.